The molecule has 80 valence electrons. The molecule has 1 atom stereocenters. The lowest BCUT2D eigenvalue weighted by Gasteiger charge is -2.10. The van der Waals surface area contributed by atoms with Crippen LogP contribution >= 0.6 is 11.3 Å². The van der Waals surface area contributed by atoms with Crippen LogP contribution in [-0.2, 0) is 0 Å². The molecule has 0 bridgehead atoms. The van der Waals surface area contributed by atoms with Gasteiger partial charge >= 0.3 is 0 Å². The van der Waals surface area contributed by atoms with Gasteiger partial charge in [0, 0.05) is 6.54 Å². The van der Waals surface area contributed by atoms with Crippen molar-refractivity contribution in [2.75, 3.05) is 11.9 Å². The fourth-order valence-corrected chi connectivity index (χ4v) is 2.08. The van der Waals surface area contributed by atoms with Crippen molar-refractivity contribution in [2.45, 2.75) is 20.3 Å². The van der Waals surface area contributed by atoms with E-state index in [0.717, 1.165) is 22.6 Å². The Labute approximate surface area is 93.6 Å². The molecule has 1 N–H and O–H groups in total. The first-order valence-corrected chi connectivity index (χ1v) is 6.11. The minimum absolute atomic E-state index is 0.675. The van der Waals surface area contributed by atoms with Crippen molar-refractivity contribution in [3.05, 3.63) is 17.8 Å². The highest BCUT2D eigenvalue weighted by Crippen LogP contribution is 2.23. The molecule has 2 rings (SSSR count). The van der Waals surface area contributed by atoms with Gasteiger partial charge in [0.15, 0.2) is 0 Å². The van der Waals surface area contributed by atoms with Crippen LogP contribution in [0.3, 0.4) is 0 Å². The highest BCUT2D eigenvalue weighted by atomic mass is 32.1. The van der Waals surface area contributed by atoms with Crippen LogP contribution in [0.25, 0.3) is 10.2 Å². The molecular weight excluding hydrogens is 206 g/mol. The summed E-state index contributed by atoms with van der Waals surface area (Å²) in [5.74, 6) is 1.63. The summed E-state index contributed by atoms with van der Waals surface area (Å²) in [7, 11) is 0. The lowest BCUT2D eigenvalue weighted by Crippen LogP contribution is -2.11. The zero-order chi connectivity index (χ0) is 10.7. The largest absolute Gasteiger partial charge is 0.369 e. The van der Waals surface area contributed by atoms with Gasteiger partial charge in [-0.2, -0.15) is 0 Å². The van der Waals surface area contributed by atoms with Gasteiger partial charge in [-0.15, -0.1) is 11.3 Å². The summed E-state index contributed by atoms with van der Waals surface area (Å²) >= 11 is 1.65. The standard InChI is InChI=1S/C11H15N3S/c1-3-8(2)6-12-10-9-4-5-15-11(9)14-7-13-10/h4-5,7-8H,3,6H2,1-2H3,(H,12,13,14). The van der Waals surface area contributed by atoms with Gasteiger partial charge in [0.25, 0.3) is 0 Å². The summed E-state index contributed by atoms with van der Waals surface area (Å²) in [5, 5.41) is 6.56. The Morgan fingerprint density at radius 2 is 2.33 bits per heavy atom. The average Bonchev–Trinajstić information content (AvgIpc) is 2.74. The van der Waals surface area contributed by atoms with Crippen LogP contribution in [0.5, 0.6) is 0 Å². The third kappa shape index (κ3) is 2.26. The second-order valence-electron chi connectivity index (χ2n) is 3.76. The fourth-order valence-electron chi connectivity index (χ4n) is 1.35. The van der Waals surface area contributed by atoms with Crippen molar-refractivity contribution in [1.29, 1.82) is 0 Å². The van der Waals surface area contributed by atoms with E-state index in [0.29, 0.717) is 5.92 Å². The average molecular weight is 221 g/mol. The van der Waals surface area contributed by atoms with Gasteiger partial charge in [0.05, 0.1) is 5.39 Å². The molecule has 0 saturated heterocycles. The van der Waals surface area contributed by atoms with Gasteiger partial charge in [-0.25, -0.2) is 9.97 Å². The summed E-state index contributed by atoms with van der Waals surface area (Å²) < 4.78 is 0. The van der Waals surface area contributed by atoms with Crippen LogP contribution in [0.15, 0.2) is 17.8 Å². The summed E-state index contributed by atoms with van der Waals surface area (Å²) in [4.78, 5) is 9.54. The Morgan fingerprint density at radius 1 is 1.47 bits per heavy atom. The van der Waals surface area contributed by atoms with E-state index in [1.54, 1.807) is 17.7 Å². The van der Waals surface area contributed by atoms with Crippen LogP contribution in [0.2, 0.25) is 0 Å². The van der Waals surface area contributed by atoms with Crippen LogP contribution in [0.4, 0.5) is 5.82 Å². The highest BCUT2D eigenvalue weighted by molar-refractivity contribution is 7.16. The Balaban J connectivity index is 2.17. The predicted octanol–water partition coefficient (Wildman–Crippen LogP) is 3.15. The van der Waals surface area contributed by atoms with Gasteiger partial charge in [0.2, 0.25) is 0 Å². The lowest BCUT2D eigenvalue weighted by atomic mass is 10.1. The second-order valence-corrected chi connectivity index (χ2v) is 4.65. The molecule has 0 aliphatic carbocycles. The van der Waals surface area contributed by atoms with E-state index in [1.807, 2.05) is 5.38 Å². The molecule has 3 nitrogen and oxygen atoms in total. The van der Waals surface area contributed by atoms with Crippen molar-refractivity contribution in [3.8, 4) is 0 Å². The number of aromatic nitrogens is 2. The zero-order valence-electron chi connectivity index (χ0n) is 9.03. The summed E-state index contributed by atoms with van der Waals surface area (Å²) in [6.45, 7) is 5.41. The molecule has 0 aliphatic heterocycles. The zero-order valence-corrected chi connectivity index (χ0v) is 9.84. The van der Waals surface area contributed by atoms with E-state index in [1.165, 1.54) is 6.42 Å². The SMILES string of the molecule is CCC(C)CNc1ncnc2sccc12. The summed E-state index contributed by atoms with van der Waals surface area (Å²) in [6.07, 6.45) is 2.81. The van der Waals surface area contributed by atoms with Crippen LogP contribution in [-0.4, -0.2) is 16.5 Å². The van der Waals surface area contributed by atoms with Gasteiger partial charge in [-0.3, -0.25) is 0 Å². The third-order valence-electron chi connectivity index (χ3n) is 2.58. The molecule has 0 aromatic carbocycles. The van der Waals surface area contributed by atoms with E-state index in [2.05, 4.69) is 35.2 Å². The first-order valence-electron chi connectivity index (χ1n) is 5.23. The first-order chi connectivity index (χ1) is 7.31. The van der Waals surface area contributed by atoms with Crippen molar-refractivity contribution in [2.24, 2.45) is 5.92 Å². The van der Waals surface area contributed by atoms with E-state index in [4.69, 9.17) is 0 Å². The predicted molar refractivity (Wildman–Crippen MR) is 65.4 cm³/mol. The summed E-state index contributed by atoms with van der Waals surface area (Å²) in [6, 6.07) is 2.07. The molecule has 0 fully saturated rings. The van der Waals surface area contributed by atoms with E-state index < -0.39 is 0 Å². The minimum atomic E-state index is 0.675. The molecule has 0 spiro atoms. The van der Waals surface area contributed by atoms with Crippen LogP contribution in [0, 0.1) is 5.92 Å². The normalized spacial score (nSPS) is 12.9. The van der Waals surface area contributed by atoms with Crippen molar-refractivity contribution < 1.29 is 0 Å². The number of thiophene rings is 1. The Hall–Kier alpha value is -1.16. The van der Waals surface area contributed by atoms with Crippen LogP contribution < -0.4 is 5.32 Å². The monoisotopic (exact) mass is 221 g/mol. The molecule has 2 aromatic rings. The molecule has 4 heteroatoms. The van der Waals surface area contributed by atoms with Gasteiger partial charge < -0.3 is 5.32 Å². The first kappa shape index (κ1) is 10.4. The molecule has 2 aromatic heterocycles. The maximum Gasteiger partial charge on any atom is 0.138 e. The molecule has 1 unspecified atom stereocenters. The molecule has 0 radical (unpaired) electrons. The van der Waals surface area contributed by atoms with Gasteiger partial charge in [-0.05, 0) is 17.4 Å². The third-order valence-corrected chi connectivity index (χ3v) is 3.40. The molecule has 0 aliphatic rings. The number of rotatable bonds is 4. The second kappa shape index (κ2) is 4.57. The molecule has 0 saturated carbocycles. The van der Waals surface area contributed by atoms with Crippen LogP contribution in [0.1, 0.15) is 20.3 Å². The smallest absolute Gasteiger partial charge is 0.138 e. The quantitative estimate of drug-likeness (QED) is 0.861. The molecule has 15 heavy (non-hydrogen) atoms. The van der Waals surface area contributed by atoms with Crippen molar-refractivity contribution in [1.82, 2.24) is 9.97 Å². The van der Waals surface area contributed by atoms with Gasteiger partial charge in [-0.1, -0.05) is 20.3 Å². The van der Waals surface area contributed by atoms with Crippen molar-refractivity contribution in [3.63, 3.8) is 0 Å². The Kier molecular flexibility index (Phi) is 3.16. The number of nitrogens with zero attached hydrogens (tertiary/aromatic N) is 2. The van der Waals surface area contributed by atoms with Gasteiger partial charge in [0.1, 0.15) is 17.0 Å². The number of hydrogen-bond donors (Lipinski definition) is 1. The topological polar surface area (TPSA) is 37.8 Å². The van der Waals surface area contributed by atoms with E-state index in [9.17, 15) is 0 Å². The highest BCUT2D eigenvalue weighted by Gasteiger charge is 2.05. The Morgan fingerprint density at radius 3 is 3.13 bits per heavy atom. The maximum absolute atomic E-state index is 4.27. The number of fused-ring (bicyclic) bond motifs is 1. The fraction of sp³-hybridized carbons (Fsp3) is 0.455. The molecular formula is C11H15N3S. The van der Waals surface area contributed by atoms with E-state index >= 15 is 0 Å². The lowest BCUT2D eigenvalue weighted by molar-refractivity contribution is 0.593. The minimum Gasteiger partial charge on any atom is -0.369 e. The summed E-state index contributed by atoms with van der Waals surface area (Å²) in [5.41, 5.74) is 0. The van der Waals surface area contributed by atoms with E-state index in [-0.39, 0.29) is 0 Å². The number of hydrogen-bond acceptors (Lipinski definition) is 4. The van der Waals surface area contributed by atoms with Crippen molar-refractivity contribution >= 4 is 27.4 Å². The molecule has 2 heterocycles. The number of anilines is 1. The maximum atomic E-state index is 4.27. The Bertz CT molecular complexity index is 438. The number of nitrogens with one attached hydrogen (secondary N) is 1. The molecule has 0 amide bonds.